The lowest BCUT2D eigenvalue weighted by Crippen LogP contribution is -2.25. The lowest BCUT2D eigenvalue weighted by molar-refractivity contribution is 0.280. The third-order valence-corrected chi connectivity index (χ3v) is 3.64. The van der Waals surface area contributed by atoms with Crippen LogP contribution in [0.15, 0.2) is 18.2 Å². The SMILES string of the molecule is CCN(CCCBr)Cc1c(C)cccc1C. The minimum atomic E-state index is 1.09. The maximum atomic E-state index is 3.49. The molecule has 0 saturated carbocycles. The molecule has 90 valence electrons. The quantitative estimate of drug-likeness (QED) is 0.716. The topological polar surface area (TPSA) is 3.24 Å². The smallest absolute Gasteiger partial charge is 0.0238 e. The van der Waals surface area contributed by atoms with E-state index in [1.807, 2.05) is 0 Å². The zero-order chi connectivity index (χ0) is 12.0. The molecule has 0 N–H and O–H groups in total. The summed E-state index contributed by atoms with van der Waals surface area (Å²) in [5, 5.41) is 1.09. The first-order chi connectivity index (χ1) is 7.69. The van der Waals surface area contributed by atoms with Crippen LogP contribution in [0.1, 0.15) is 30.0 Å². The fraction of sp³-hybridized carbons (Fsp3) is 0.571. The van der Waals surface area contributed by atoms with Gasteiger partial charge in [0.15, 0.2) is 0 Å². The summed E-state index contributed by atoms with van der Waals surface area (Å²) in [6.07, 6.45) is 1.22. The molecule has 2 heteroatoms. The highest BCUT2D eigenvalue weighted by Gasteiger charge is 2.07. The first-order valence-electron chi connectivity index (χ1n) is 6.02. The van der Waals surface area contributed by atoms with Gasteiger partial charge in [-0.2, -0.15) is 0 Å². The third-order valence-electron chi connectivity index (χ3n) is 3.08. The fourth-order valence-corrected chi connectivity index (χ4v) is 2.21. The minimum absolute atomic E-state index is 1.09. The summed E-state index contributed by atoms with van der Waals surface area (Å²) in [7, 11) is 0. The Kier molecular flexibility index (Phi) is 6.07. The Bertz CT molecular complexity index is 302. The van der Waals surface area contributed by atoms with E-state index in [1.165, 1.54) is 29.7 Å². The van der Waals surface area contributed by atoms with E-state index in [0.717, 1.165) is 18.4 Å². The first kappa shape index (κ1) is 13.7. The molecule has 0 atom stereocenters. The van der Waals surface area contributed by atoms with Gasteiger partial charge < -0.3 is 0 Å². The van der Waals surface area contributed by atoms with Gasteiger partial charge in [0.05, 0.1) is 0 Å². The van der Waals surface area contributed by atoms with Crippen LogP contribution < -0.4 is 0 Å². The molecule has 1 nitrogen and oxygen atoms in total. The highest BCUT2D eigenvalue weighted by Crippen LogP contribution is 2.15. The van der Waals surface area contributed by atoms with Crippen LogP contribution in [-0.2, 0) is 6.54 Å². The summed E-state index contributed by atoms with van der Waals surface area (Å²) < 4.78 is 0. The summed E-state index contributed by atoms with van der Waals surface area (Å²) in [6.45, 7) is 10.0. The number of nitrogens with zero attached hydrogens (tertiary/aromatic N) is 1. The molecular weight excluding hydrogens is 262 g/mol. The summed E-state index contributed by atoms with van der Waals surface area (Å²) in [4.78, 5) is 2.51. The van der Waals surface area contributed by atoms with E-state index in [0.29, 0.717) is 0 Å². The first-order valence-corrected chi connectivity index (χ1v) is 7.14. The number of rotatable bonds is 6. The summed E-state index contributed by atoms with van der Waals surface area (Å²) in [5.41, 5.74) is 4.33. The lowest BCUT2D eigenvalue weighted by atomic mass is 10.0. The van der Waals surface area contributed by atoms with Gasteiger partial charge in [-0.05, 0) is 50.0 Å². The van der Waals surface area contributed by atoms with E-state index >= 15 is 0 Å². The van der Waals surface area contributed by atoms with Crippen LogP contribution in [0.25, 0.3) is 0 Å². The monoisotopic (exact) mass is 283 g/mol. The fourth-order valence-electron chi connectivity index (χ4n) is 1.95. The number of aryl methyl sites for hydroxylation is 2. The second-order valence-electron chi connectivity index (χ2n) is 4.28. The largest absolute Gasteiger partial charge is 0.299 e. The van der Waals surface area contributed by atoms with E-state index in [1.54, 1.807) is 0 Å². The Balaban J connectivity index is 2.69. The van der Waals surface area contributed by atoms with Crippen LogP contribution in [0.2, 0.25) is 0 Å². The van der Waals surface area contributed by atoms with Gasteiger partial charge in [0, 0.05) is 11.9 Å². The molecule has 0 fully saturated rings. The third kappa shape index (κ3) is 3.91. The van der Waals surface area contributed by atoms with Crippen molar-refractivity contribution in [2.45, 2.75) is 33.7 Å². The highest BCUT2D eigenvalue weighted by molar-refractivity contribution is 9.09. The van der Waals surface area contributed by atoms with Crippen LogP contribution in [-0.4, -0.2) is 23.3 Å². The number of hydrogen-bond acceptors (Lipinski definition) is 1. The molecule has 0 aliphatic rings. The second kappa shape index (κ2) is 7.08. The van der Waals surface area contributed by atoms with Gasteiger partial charge >= 0.3 is 0 Å². The lowest BCUT2D eigenvalue weighted by Gasteiger charge is -2.22. The van der Waals surface area contributed by atoms with E-state index < -0.39 is 0 Å². The number of alkyl halides is 1. The summed E-state index contributed by atoms with van der Waals surface area (Å²) >= 11 is 3.49. The van der Waals surface area contributed by atoms with Crippen molar-refractivity contribution in [2.24, 2.45) is 0 Å². The van der Waals surface area contributed by atoms with Gasteiger partial charge in [0.25, 0.3) is 0 Å². The molecule has 0 aliphatic heterocycles. The molecule has 1 rings (SSSR count). The molecule has 0 amide bonds. The van der Waals surface area contributed by atoms with Crippen molar-refractivity contribution in [1.82, 2.24) is 4.90 Å². The normalized spacial score (nSPS) is 11.1. The van der Waals surface area contributed by atoms with Crippen LogP contribution in [0, 0.1) is 13.8 Å². The molecule has 1 aromatic carbocycles. The molecule has 1 aromatic rings. The summed E-state index contributed by atoms with van der Waals surface area (Å²) in [5.74, 6) is 0. The zero-order valence-corrected chi connectivity index (χ0v) is 12.2. The van der Waals surface area contributed by atoms with E-state index in [4.69, 9.17) is 0 Å². The van der Waals surface area contributed by atoms with Crippen LogP contribution >= 0.6 is 15.9 Å². The molecule has 0 heterocycles. The molecule has 0 aliphatic carbocycles. The Morgan fingerprint density at radius 3 is 2.31 bits per heavy atom. The van der Waals surface area contributed by atoms with Gasteiger partial charge in [0.2, 0.25) is 0 Å². The summed E-state index contributed by atoms with van der Waals surface area (Å²) in [6, 6.07) is 6.56. The van der Waals surface area contributed by atoms with Crippen LogP contribution in [0.4, 0.5) is 0 Å². The predicted octanol–water partition coefficient (Wildman–Crippen LogP) is 3.91. The molecule has 0 radical (unpaired) electrons. The minimum Gasteiger partial charge on any atom is -0.299 e. The molecular formula is C14H22BrN. The van der Waals surface area contributed by atoms with Gasteiger partial charge in [-0.3, -0.25) is 4.90 Å². The molecule has 16 heavy (non-hydrogen) atoms. The van der Waals surface area contributed by atoms with Crippen molar-refractivity contribution in [3.05, 3.63) is 34.9 Å². The van der Waals surface area contributed by atoms with Crippen molar-refractivity contribution in [1.29, 1.82) is 0 Å². The van der Waals surface area contributed by atoms with Crippen molar-refractivity contribution in [2.75, 3.05) is 18.4 Å². The van der Waals surface area contributed by atoms with Crippen LogP contribution in [0.5, 0.6) is 0 Å². The van der Waals surface area contributed by atoms with E-state index in [9.17, 15) is 0 Å². The van der Waals surface area contributed by atoms with E-state index in [-0.39, 0.29) is 0 Å². The predicted molar refractivity (Wildman–Crippen MR) is 75.3 cm³/mol. The van der Waals surface area contributed by atoms with Crippen molar-refractivity contribution >= 4 is 15.9 Å². The van der Waals surface area contributed by atoms with Gasteiger partial charge in [-0.1, -0.05) is 41.1 Å². The maximum absolute atomic E-state index is 3.49. The van der Waals surface area contributed by atoms with Crippen molar-refractivity contribution in [3.63, 3.8) is 0 Å². The maximum Gasteiger partial charge on any atom is 0.0238 e. The zero-order valence-electron chi connectivity index (χ0n) is 10.6. The van der Waals surface area contributed by atoms with Crippen LogP contribution in [0.3, 0.4) is 0 Å². The van der Waals surface area contributed by atoms with Gasteiger partial charge in [-0.25, -0.2) is 0 Å². The average molecular weight is 284 g/mol. The molecule has 0 unspecified atom stereocenters. The number of halogens is 1. The second-order valence-corrected chi connectivity index (χ2v) is 5.07. The number of hydrogen-bond donors (Lipinski definition) is 0. The Hall–Kier alpha value is -0.340. The molecule has 0 bridgehead atoms. The number of benzene rings is 1. The average Bonchev–Trinajstić information content (AvgIpc) is 2.28. The molecule has 0 saturated heterocycles. The van der Waals surface area contributed by atoms with Crippen molar-refractivity contribution in [3.8, 4) is 0 Å². The highest BCUT2D eigenvalue weighted by atomic mass is 79.9. The Morgan fingerprint density at radius 2 is 1.81 bits per heavy atom. The molecule has 0 spiro atoms. The Labute approximate surface area is 108 Å². The van der Waals surface area contributed by atoms with E-state index in [2.05, 4.69) is 59.8 Å². The van der Waals surface area contributed by atoms with Gasteiger partial charge in [-0.15, -0.1) is 0 Å². The Morgan fingerprint density at radius 1 is 1.19 bits per heavy atom. The standard InChI is InChI=1S/C14H22BrN/c1-4-16(10-6-9-15)11-14-12(2)7-5-8-13(14)3/h5,7-8H,4,6,9-11H2,1-3H3. The molecule has 0 aromatic heterocycles. The van der Waals surface area contributed by atoms with Gasteiger partial charge in [0.1, 0.15) is 0 Å². The van der Waals surface area contributed by atoms with Crippen molar-refractivity contribution < 1.29 is 0 Å².